The van der Waals surface area contributed by atoms with Gasteiger partial charge in [0.2, 0.25) is 5.95 Å². The number of ether oxygens (including phenoxy) is 1. The minimum Gasteiger partial charge on any atom is -0.378 e. The number of aromatic nitrogens is 2. The van der Waals surface area contributed by atoms with Crippen LogP contribution in [-0.4, -0.2) is 29.2 Å². The largest absolute Gasteiger partial charge is 0.378 e. The van der Waals surface area contributed by atoms with Crippen molar-refractivity contribution in [3.8, 4) is 0 Å². The van der Waals surface area contributed by atoms with Crippen molar-refractivity contribution >= 4 is 21.9 Å². The lowest BCUT2D eigenvalue weighted by Gasteiger charge is -2.22. The maximum atomic E-state index is 5.68. The molecular weight excluding hydrogens is 282 g/mol. The van der Waals surface area contributed by atoms with E-state index < -0.39 is 0 Å². The highest BCUT2D eigenvalue weighted by Gasteiger charge is 2.12. The van der Waals surface area contributed by atoms with Crippen molar-refractivity contribution in [3.63, 3.8) is 0 Å². The van der Waals surface area contributed by atoms with Gasteiger partial charge in [-0.15, -0.1) is 0 Å². The summed E-state index contributed by atoms with van der Waals surface area (Å²) in [4.78, 5) is 8.32. The summed E-state index contributed by atoms with van der Waals surface area (Å²) in [7, 11) is 0. The monoisotopic (exact) mass is 299 g/mol. The van der Waals surface area contributed by atoms with Gasteiger partial charge >= 0.3 is 0 Å². The molecule has 94 valence electrons. The average molecular weight is 300 g/mol. The van der Waals surface area contributed by atoms with Crippen LogP contribution in [0, 0.1) is 0 Å². The Morgan fingerprint density at radius 3 is 2.88 bits per heavy atom. The smallest absolute Gasteiger partial charge is 0.222 e. The van der Waals surface area contributed by atoms with Gasteiger partial charge in [0.05, 0.1) is 10.6 Å². The second kappa shape index (κ2) is 6.91. The molecule has 1 aliphatic rings. The van der Waals surface area contributed by atoms with E-state index in [9.17, 15) is 0 Å². The van der Waals surface area contributed by atoms with Crippen LogP contribution in [0.2, 0.25) is 0 Å². The molecule has 1 aromatic rings. The van der Waals surface area contributed by atoms with E-state index in [1.54, 1.807) is 12.4 Å². The van der Waals surface area contributed by atoms with Crippen LogP contribution >= 0.6 is 15.9 Å². The number of rotatable bonds is 5. The Bertz CT molecular complexity index is 325. The minimum atomic E-state index is 0.469. The zero-order valence-electron chi connectivity index (χ0n) is 9.86. The fraction of sp³-hybridized carbons (Fsp3) is 0.667. The first-order valence-electron chi connectivity index (χ1n) is 6.17. The first-order valence-corrected chi connectivity index (χ1v) is 6.97. The molecule has 4 nitrogen and oxygen atoms in total. The highest BCUT2D eigenvalue weighted by molar-refractivity contribution is 9.10. The molecule has 1 aliphatic heterocycles. The number of anilines is 1. The summed E-state index contributed by atoms with van der Waals surface area (Å²) in [6.07, 6.45) is 9.95. The van der Waals surface area contributed by atoms with E-state index in [0.29, 0.717) is 12.1 Å². The summed E-state index contributed by atoms with van der Waals surface area (Å²) in [5.74, 6) is 0.692. The predicted octanol–water partition coefficient (Wildman–Crippen LogP) is 3.00. The summed E-state index contributed by atoms with van der Waals surface area (Å²) < 4.78 is 6.58. The van der Waals surface area contributed by atoms with Gasteiger partial charge in [0.25, 0.3) is 0 Å². The lowest BCUT2D eigenvalue weighted by Crippen LogP contribution is -2.20. The van der Waals surface area contributed by atoms with E-state index >= 15 is 0 Å². The Morgan fingerprint density at radius 1 is 1.35 bits per heavy atom. The van der Waals surface area contributed by atoms with Gasteiger partial charge in [0.15, 0.2) is 0 Å². The molecular formula is C12H18BrN3O. The quantitative estimate of drug-likeness (QED) is 0.849. The fourth-order valence-electron chi connectivity index (χ4n) is 1.97. The van der Waals surface area contributed by atoms with Crippen LogP contribution in [0.4, 0.5) is 5.95 Å². The van der Waals surface area contributed by atoms with Crippen LogP contribution in [-0.2, 0) is 4.74 Å². The van der Waals surface area contributed by atoms with E-state index in [0.717, 1.165) is 30.5 Å². The lowest BCUT2D eigenvalue weighted by atomic mass is 10.0. The molecule has 0 spiro atoms. The van der Waals surface area contributed by atoms with Crippen molar-refractivity contribution < 1.29 is 4.74 Å². The molecule has 1 unspecified atom stereocenters. The van der Waals surface area contributed by atoms with Gasteiger partial charge in [0, 0.05) is 25.5 Å². The molecule has 1 aromatic heterocycles. The van der Waals surface area contributed by atoms with Crippen LogP contribution in [0.3, 0.4) is 0 Å². The predicted molar refractivity (Wildman–Crippen MR) is 71.0 cm³/mol. The molecule has 1 atom stereocenters. The van der Waals surface area contributed by atoms with Crippen LogP contribution in [0.1, 0.15) is 32.1 Å². The molecule has 2 heterocycles. The third-order valence-electron chi connectivity index (χ3n) is 2.88. The molecule has 0 aliphatic carbocycles. The molecule has 1 N–H and O–H groups in total. The molecule has 0 radical (unpaired) electrons. The molecule has 0 aromatic carbocycles. The van der Waals surface area contributed by atoms with Crippen LogP contribution < -0.4 is 5.32 Å². The fourth-order valence-corrected chi connectivity index (χ4v) is 2.17. The lowest BCUT2D eigenvalue weighted by molar-refractivity contribution is 0.0107. The van der Waals surface area contributed by atoms with Gasteiger partial charge in [-0.2, -0.15) is 0 Å². The molecule has 0 bridgehead atoms. The highest BCUT2D eigenvalue weighted by Crippen LogP contribution is 2.16. The normalized spacial score (nSPS) is 20.2. The Kier molecular flexibility index (Phi) is 5.19. The standard InChI is InChI=1S/C12H18BrN3O/c13-10-8-15-12(16-9-10)14-6-3-5-11-4-1-2-7-17-11/h8-9,11H,1-7H2,(H,14,15,16). The van der Waals surface area contributed by atoms with Gasteiger partial charge in [-0.1, -0.05) is 0 Å². The van der Waals surface area contributed by atoms with Crippen molar-refractivity contribution in [3.05, 3.63) is 16.9 Å². The van der Waals surface area contributed by atoms with Crippen molar-refractivity contribution in [2.24, 2.45) is 0 Å². The van der Waals surface area contributed by atoms with Crippen LogP contribution in [0.5, 0.6) is 0 Å². The number of nitrogens with zero attached hydrogens (tertiary/aromatic N) is 2. The Morgan fingerprint density at radius 2 is 2.18 bits per heavy atom. The second-order valence-electron chi connectivity index (χ2n) is 4.28. The van der Waals surface area contributed by atoms with E-state index in [1.165, 1.54) is 19.3 Å². The Hall–Kier alpha value is -0.680. The Labute approximate surface area is 110 Å². The number of hydrogen-bond acceptors (Lipinski definition) is 4. The summed E-state index contributed by atoms with van der Waals surface area (Å²) in [6, 6.07) is 0. The van der Waals surface area contributed by atoms with Crippen LogP contribution in [0.25, 0.3) is 0 Å². The summed E-state index contributed by atoms with van der Waals surface area (Å²) in [5, 5.41) is 3.21. The number of halogens is 1. The van der Waals surface area contributed by atoms with Crippen molar-refractivity contribution in [2.45, 2.75) is 38.2 Å². The molecule has 1 saturated heterocycles. The molecule has 0 amide bonds. The van der Waals surface area contributed by atoms with E-state index in [4.69, 9.17) is 4.74 Å². The van der Waals surface area contributed by atoms with Crippen molar-refractivity contribution in [2.75, 3.05) is 18.5 Å². The zero-order valence-corrected chi connectivity index (χ0v) is 11.4. The first-order chi connectivity index (χ1) is 8.34. The first kappa shape index (κ1) is 12.8. The van der Waals surface area contributed by atoms with Gasteiger partial charge in [-0.3, -0.25) is 0 Å². The minimum absolute atomic E-state index is 0.469. The van der Waals surface area contributed by atoms with Gasteiger partial charge < -0.3 is 10.1 Å². The maximum Gasteiger partial charge on any atom is 0.222 e. The molecule has 5 heteroatoms. The van der Waals surface area contributed by atoms with E-state index in [-0.39, 0.29) is 0 Å². The van der Waals surface area contributed by atoms with Crippen molar-refractivity contribution in [1.29, 1.82) is 0 Å². The van der Waals surface area contributed by atoms with E-state index in [2.05, 4.69) is 31.2 Å². The third kappa shape index (κ3) is 4.60. The number of hydrogen-bond donors (Lipinski definition) is 1. The van der Waals surface area contributed by atoms with Crippen molar-refractivity contribution in [1.82, 2.24) is 9.97 Å². The number of nitrogens with one attached hydrogen (secondary N) is 1. The maximum absolute atomic E-state index is 5.68. The highest BCUT2D eigenvalue weighted by atomic mass is 79.9. The summed E-state index contributed by atoms with van der Waals surface area (Å²) in [5.41, 5.74) is 0. The zero-order chi connectivity index (χ0) is 11.9. The van der Waals surface area contributed by atoms with Crippen LogP contribution in [0.15, 0.2) is 16.9 Å². The second-order valence-corrected chi connectivity index (χ2v) is 5.20. The molecule has 2 rings (SSSR count). The topological polar surface area (TPSA) is 47.0 Å². The van der Waals surface area contributed by atoms with Gasteiger partial charge in [-0.25, -0.2) is 9.97 Å². The third-order valence-corrected chi connectivity index (χ3v) is 3.29. The van der Waals surface area contributed by atoms with Gasteiger partial charge in [-0.05, 0) is 48.0 Å². The SMILES string of the molecule is Brc1cnc(NCCCC2CCCCO2)nc1. The molecule has 17 heavy (non-hydrogen) atoms. The Balaban J connectivity index is 1.60. The molecule has 1 fully saturated rings. The summed E-state index contributed by atoms with van der Waals surface area (Å²) >= 11 is 3.31. The van der Waals surface area contributed by atoms with E-state index in [1.807, 2.05) is 0 Å². The summed E-state index contributed by atoms with van der Waals surface area (Å²) in [6.45, 7) is 1.84. The molecule has 0 saturated carbocycles. The average Bonchev–Trinajstić information content (AvgIpc) is 2.38. The van der Waals surface area contributed by atoms with Gasteiger partial charge in [0.1, 0.15) is 0 Å².